The number of anilines is 4. The van der Waals surface area contributed by atoms with Crippen LogP contribution in [-0.4, -0.2) is 66.9 Å². The maximum absolute atomic E-state index is 13.2. The third-order valence-corrected chi connectivity index (χ3v) is 7.33. The van der Waals surface area contributed by atoms with Crippen LogP contribution >= 0.6 is 15.9 Å². The fourth-order valence-electron chi connectivity index (χ4n) is 4.84. The quantitative estimate of drug-likeness (QED) is 0.0613. The van der Waals surface area contributed by atoms with E-state index >= 15 is 0 Å². The zero-order valence-corrected chi connectivity index (χ0v) is 28.8. The van der Waals surface area contributed by atoms with E-state index in [9.17, 15) is 24.0 Å². The van der Waals surface area contributed by atoms with E-state index in [1.807, 2.05) is 0 Å². The molecule has 0 bridgehead atoms. The highest BCUT2D eigenvalue weighted by Gasteiger charge is 2.20. The van der Waals surface area contributed by atoms with Gasteiger partial charge in [-0.15, -0.1) is 0 Å². The predicted octanol–water partition coefficient (Wildman–Crippen LogP) is 2.04. The zero-order chi connectivity index (χ0) is 36.0. The minimum Gasteiger partial charge on any atom is -0.370 e. The first-order chi connectivity index (χ1) is 23.1. The van der Waals surface area contributed by atoms with Crippen LogP contribution in [0.3, 0.4) is 0 Å². The molecule has 0 aliphatic carbocycles. The average Bonchev–Trinajstić information content (AvgIpc) is 3.75. The lowest BCUT2D eigenvalue weighted by Crippen LogP contribution is -2.29. The molecule has 0 saturated heterocycles. The number of aromatic nitrogens is 4. The van der Waals surface area contributed by atoms with Crippen LogP contribution in [0.4, 0.5) is 22.7 Å². The Balaban J connectivity index is 1.37. The molecule has 0 radical (unpaired) electrons. The molecule has 0 unspecified atom stereocenters. The van der Waals surface area contributed by atoms with Gasteiger partial charge in [0.25, 0.3) is 23.6 Å². The van der Waals surface area contributed by atoms with Gasteiger partial charge in [-0.1, -0.05) is 22.5 Å². The second-order valence-corrected chi connectivity index (χ2v) is 12.2. The first-order valence-electron chi connectivity index (χ1n) is 14.7. The van der Waals surface area contributed by atoms with Crippen molar-refractivity contribution < 1.29 is 24.0 Å². The van der Waals surface area contributed by atoms with Crippen LogP contribution in [0.1, 0.15) is 48.4 Å². The standard InChI is InChI=1S/C31H37BrN12O5/c1-17(32)8-26(45)37-18-9-23(42(3)13-18)28(47)39-20-11-25(44(5)15-20)30(49)40-21-12-24(43(4)16-21)29(48)38-19-10-22(41(2)14-19)27(46)35-6-7-36-31(33)34/h9-16H,1,6-8H2,2-5H3,(H,35,46)(H,37,45)(H,38,48)(H,39,47)(H,40,49)(H4,33,34,36). The van der Waals surface area contributed by atoms with Crippen LogP contribution in [0.5, 0.6) is 0 Å². The van der Waals surface area contributed by atoms with Crippen molar-refractivity contribution in [1.82, 2.24) is 23.6 Å². The van der Waals surface area contributed by atoms with Crippen molar-refractivity contribution in [3.05, 3.63) is 82.9 Å². The molecule has 0 aliphatic heterocycles. The minimum absolute atomic E-state index is 0.0708. The molecule has 17 nitrogen and oxygen atoms in total. The van der Waals surface area contributed by atoms with Gasteiger partial charge < -0.3 is 56.3 Å². The molecule has 5 amide bonds. The van der Waals surface area contributed by atoms with Gasteiger partial charge in [-0.3, -0.25) is 29.0 Å². The smallest absolute Gasteiger partial charge is 0.272 e. The summed E-state index contributed by atoms with van der Waals surface area (Å²) in [7, 11) is 6.64. The molecule has 0 fully saturated rings. The lowest BCUT2D eigenvalue weighted by molar-refractivity contribution is -0.115. The number of guanidine groups is 1. The van der Waals surface area contributed by atoms with Gasteiger partial charge in [-0.25, -0.2) is 0 Å². The number of aliphatic imine (C=N–C) groups is 1. The van der Waals surface area contributed by atoms with Gasteiger partial charge in [0.2, 0.25) is 5.91 Å². The number of nitrogens with one attached hydrogen (secondary N) is 5. The van der Waals surface area contributed by atoms with E-state index in [-0.39, 0.29) is 54.4 Å². The highest BCUT2D eigenvalue weighted by atomic mass is 79.9. The Kier molecular flexibility index (Phi) is 11.1. The summed E-state index contributed by atoms with van der Waals surface area (Å²) in [6.45, 7) is 4.10. The lowest BCUT2D eigenvalue weighted by Gasteiger charge is -2.04. The maximum Gasteiger partial charge on any atom is 0.272 e. The Labute approximate surface area is 289 Å². The van der Waals surface area contributed by atoms with Crippen molar-refractivity contribution in [1.29, 1.82) is 0 Å². The second kappa shape index (κ2) is 15.2. The first-order valence-corrected chi connectivity index (χ1v) is 15.5. The summed E-state index contributed by atoms with van der Waals surface area (Å²) in [5.74, 6) is -2.11. The fraction of sp³-hybridized carbons (Fsp3) is 0.226. The number of carbonyl (C=O) groups excluding carboxylic acids is 5. The van der Waals surface area contributed by atoms with Crippen LogP contribution in [0.25, 0.3) is 0 Å². The monoisotopic (exact) mass is 736 g/mol. The van der Waals surface area contributed by atoms with Crippen molar-refractivity contribution in [2.24, 2.45) is 44.7 Å². The minimum atomic E-state index is -0.476. The summed E-state index contributed by atoms with van der Waals surface area (Å²) in [5.41, 5.74) is 13.2. The van der Waals surface area contributed by atoms with Crippen molar-refractivity contribution in [3.63, 3.8) is 0 Å². The molecule has 258 valence electrons. The van der Waals surface area contributed by atoms with E-state index in [0.717, 1.165) is 0 Å². The molecule has 0 aromatic carbocycles. The van der Waals surface area contributed by atoms with E-state index in [1.54, 1.807) is 71.2 Å². The molecule has 4 aromatic rings. The SMILES string of the molecule is C=C(Br)CC(=O)Nc1cc(C(=O)Nc2cc(C(=O)Nc3cc(C(=O)Nc4cc(C(=O)NCCN=C(N)N)n(C)c4)n(C)c3)n(C)c2)n(C)c1. The van der Waals surface area contributed by atoms with Gasteiger partial charge in [-0.05, 0) is 28.7 Å². The number of nitrogens with zero attached hydrogens (tertiary/aromatic N) is 5. The van der Waals surface area contributed by atoms with E-state index in [2.05, 4.69) is 54.1 Å². The Morgan fingerprint density at radius 3 is 1.35 bits per heavy atom. The summed E-state index contributed by atoms with van der Waals surface area (Å²) >= 11 is 3.15. The molecule has 0 atom stereocenters. The number of hydrogen-bond acceptors (Lipinski definition) is 6. The number of halogens is 1. The highest BCUT2D eigenvalue weighted by molar-refractivity contribution is 9.11. The van der Waals surface area contributed by atoms with Crippen molar-refractivity contribution in [2.75, 3.05) is 34.4 Å². The molecule has 4 aromatic heterocycles. The normalized spacial score (nSPS) is 10.6. The van der Waals surface area contributed by atoms with E-state index in [4.69, 9.17) is 11.5 Å². The van der Waals surface area contributed by atoms with Crippen LogP contribution in [0, 0.1) is 0 Å². The summed E-state index contributed by atoms with van der Waals surface area (Å²) in [4.78, 5) is 67.7. The van der Waals surface area contributed by atoms with Gasteiger partial charge in [0.15, 0.2) is 5.96 Å². The van der Waals surface area contributed by atoms with E-state index < -0.39 is 17.7 Å². The first kappa shape index (κ1) is 35.8. The molecule has 0 spiro atoms. The molecule has 0 aliphatic rings. The van der Waals surface area contributed by atoms with E-state index in [1.165, 1.54) is 24.3 Å². The lowest BCUT2D eigenvalue weighted by atomic mass is 10.3. The third-order valence-electron chi connectivity index (χ3n) is 7.05. The molecule has 0 saturated carbocycles. The Bertz CT molecular complexity index is 1970. The van der Waals surface area contributed by atoms with Gasteiger partial charge in [0, 0.05) is 59.5 Å². The summed E-state index contributed by atoms with van der Waals surface area (Å²) in [6, 6.07) is 6.10. The van der Waals surface area contributed by atoms with Crippen LogP contribution in [-0.2, 0) is 33.0 Å². The maximum atomic E-state index is 13.2. The van der Waals surface area contributed by atoms with Crippen molar-refractivity contribution in [3.8, 4) is 0 Å². The van der Waals surface area contributed by atoms with Gasteiger partial charge in [0.05, 0.1) is 35.7 Å². The van der Waals surface area contributed by atoms with Crippen molar-refractivity contribution >= 4 is 74.2 Å². The number of hydrogen-bond donors (Lipinski definition) is 7. The fourth-order valence-corrected chi connectivity index (χ4v) is 5.10. The molecular formula is C31H37BrN12O5. The number of aryl methyl sites for hydroxylation is 4. The molecule has 18 heteroatoms. The van der Waals surface area contributed by atoms with E-state index in [0.29, 0.717) is 32.9 Å². The Hall–Kier alpha value is -6.04. The summed E-state index contributed by atoms with van der Waals surface area (Å²) < 4.78 is 6.77. The van der Waals surface area contributed by atoms with Crippen LogP contribution < -0.4 is 38.1 Å². The van der Waals surface area contributed by atoms with Crippen LogP contribution in [0.15, 0.2) is 65.1 Å². The number of amides is 5. The molecule has 9 N–H and O–H groups in total. The Morgan fingerprint density at radius 2 is 1.00 bits per heavy atom. The highest BCUT2D eigenvalue weighted by Crippen LogP contribution is 2.21. The largest absolute Gasteiger partial charge is 0.370 e. The summed E-state index contributed by atoms with van der Waals surface area (Å²) in [6.07, 6.45) is 6.46. The molecule has 4 rings (SSSR count). The van der Waals surface area contributed by atoms with Gasteiger partial charge in [0.1, 0.15) is 22.8 Å². The molecular weight excluding hydrogens is 700 g/mol. The predicted molar refractivity (Wildman–Crippen MR) is 190 cm³/mol. The third kappa shape index (κ3) is 9.28. The average molecular weight is 738 g/mol. The van der Waals surface area contributed by atoms with Gasteiger partial charge in [-0.2, -0.15) is 0 Å². The zero-order valence-electron chi connectivity index (χ0n) is 27.3. The topological polar surface area (TPSA) is 230 Å². The van der Waals surface area contributed by atoms with Crippen molar-refractivity contribution in [2.45, 2.75) is 6.42 Å². The molecule has 4 heterocycles. The molecule has 49 heavy (non-hydrogen) atoms. The number of nitrogens with two attached hydrogens (primary N) is 2. The Morgan fingerprint density at radius 1 is 0.653 bits per heavy atom. The number of rotatable bonds is 13. The number of carbonyl (C=O) groups is 5. The van der Waals surface area contributed by atoms with Crippen LogP contribution in [0.2, 0.25) is 0 Å². The summed E-state index contributed by atoms with van der Waals surface area (Å²) in [5, 5.41) is 13.7. The second-order valence-electron chi connectivity index (χ2n) is 11.1. The van der Waals surface area contributed by atoms with Gasteiger partial charge >= 0.3 is 0 Å².